The highest BCUT2D eigenvalue weighted by Gasteiger charge is 2.11. The van der Waals surface area contributed by atoms with Gasteiger partial charge in [-0.15, -0.1) is 0 Å². The summed E-state index contributed by atoms with van der Waals surface area (Å²) in [6, 6.07) is 0.728. The second-order valence-electron chi connectivity index (χ2n) is 4.64. The molecule has 0 saturated carbocycles. The molecule has 1 fully saturated rings. The molecule has 0 amide bonds. The molecule has 1 unspecified atom stereocenters. The first-order valence-corrected chi connectivity index (χ1v) is 7.33. The number of H-pyrrole nitrogens is 1. The fraction of sp³-hybridized carbons (Fsp3) is 0.750. The molecule has 1 atom stereocenters. The maximum Gasteiger partial charge on any atom is 0.304 e. The molecular formula is C12H21N3OS. The van der Waals surface area contributed by atoms with E-state index in [1.165, 1.54) is 50.0 Å². The molecule has 1 aromatic heterocycles. The van der Waals surface area contributed by atoms with Gasteiger partial charge < -0.3 is 15.6 Å². The van der Waals surface area contributed by atoms with E-state index in [2.05, 4.69) is 15.6 Å². The van der Waals surface area contributed by atoms with Gasteiger partial charge >= 0.3 is 4.87 Å². The summed E-state index contributed by atoms with van der Waals surface area (Å²) in [6.07, 6.45) is 6.50. The summed E-state index contributed by atoms with van der Waals surface area (Å²) in [4.78, 5) is 13.8. The molecule has 2 rings (SSSR count). The molecular weight excluding hydrogens is 234 g/mol. The molecule has 0 aliphatic carbocycles. The summed E-state index contributed by atoms with van der Waals surface area (Å²) in [6.45, 7) is 2.99. The first-order chi connectivity index (χ1) is 8.34. The van der Waals surface area contributed by atoms with Crippen LogP contribution in [0.2, 0.25) is 0 Å². The molecule has 1 aliphatic heterocycles. The van der Waals surface area contributed by atoms with Gasteiger partial charge in [0, 0.05) is 23.7 Å². The van der Waals surface area contributed by atoms with Gasteiger partial charge in [-0.2, -0.15) is 0 Å². The van der Waals surface area contributed by atoms with Gasteiger partial charge in [0.1, 0.15) is 0 Å². The standard InChI is InChI=1S/C12H21N3OS/c16-12-15-11(9-17-12)8-13-6-3-5-10-4-1-2-7-14-10/h9-10,13-14H,1-8H2,(H,15,16). The maximum atomic E-state index is 10.9. The fourth-order valence-corrected chi connectivity index (χ4v) is 2.85. The lowest BCUT2D eigenvalue weighted by atomic mass is 10.0. The van der Waals surface area contributed by atoms with Crippen LogP contribution in [0, 0.1) is 0 Å². The van der Waals surface area contributed by atoms with Gasteiger partial charge in [-0.1, -0.05) is 17.8 Å². The first kappa shape index (κ1) is 12.8. The maximum absolute atomic E-state index is 10.9. The van der Waals surface area contributed by atoms with E-state index in [4.69, 9.17) is 0 Å². The van der Waals surface area contributed by atoms with Crippen molar-refractivity contribution in [2.45, 2.75) is 44.7 Å². The molecule has 1 aromatic rings. The zero-order chi connectivity index (χ0) is 11.9. The molecule has 0 aromatic carbocycles. The number of aromatic nitrogens is 1. The quantitative estimate of drug-likeness (QED) is 0.674. The van der Waals surface area contributed by atoms with Gasteiger partial charge in [0.25, 0.3) is 0 Å². The van der Waals surface area contributed by atoms with E-state index in [0.717, 1.165) is 24.8 Å². The second-order valence-corrected chi connectivity index (χ2v) is 5.48. The summed E-state index contributed by atoms with van der Waals surface area (Å²) in [5, 5.41) is 8.81. The van der Waals surface area contributed by atoms with Crippen LogP contribution in [0.3, 0.4) is 0 Å². The first-order valence-electron chi connectivity index (χ1n) is 6.45. The van der Waals surface area contributed by atoms with E-state index in [1.54, 1.807) is 0 Å². The molecule has 2 heterocycles. The Bertz CT molecular complexity index is 368. The van der Waals surface area contributed by atoms with E-state index >= 15 is 0 Å². The number of hydrogen-bond donors (Lipinski definition) is 3. The smallest absolute Gasteiger partial charge is 0.304 e. The van der Waals surface area contributed by atoms with Gasteiger partial charge in [0.05, 0.1) is 0 Å². The lowest BCUT2D eigenvalue weighted by Crippen LogP contribution is -2.34. The molecule has 5 heteroatoms. The van der Waals surface area contributed by atoms with Crippen LogP contribution in [-0.2, 0) is 6.54 Å². The average Bonchev–Trinajstić information content (AvgIpc) is 2.76. The normalized spacial score (nSPS) is 20.6. The van der Waals surface area contributed by atoms with E-state index < -0.39 is 0 Å². The number of aromatic amines is 1. The van der Waals surface area contributed by atoms with Crippen LogP contribution >= 0.6 is 11.3 Å². The van der Waals surface area contributed by atoms with Crippen molar-refractivity contribution >= 4 is 11.3 Å². The highest BCUT2D eigenvalue weighted by Crippen LogP contribution is 2.11. The average molecular weight is 255 g/mol. The SMILES string of the molecule is O=c1[nH]c(CNCCCC2CCCCN2)cs1. The van der Waals surface area contributed by atoms with Crippen LogP contribution in [0.1, 0.15) is 37.8 Å². The summed E-state index contributed by atoms with van der Waals surface area (Å²) in [5.41, 5.74) is 0.996. The van der Waals surface area contributed by atoms with Gasteiger partial charge in [0.15, 0.2) is 0 Å². The highest BCUT2D eigenvalue weighted by atomic mass is 32.1. The minimum Gasteiger partial charge on any atom is -0.315 e. The van der Waals surface area contributed by atoms with Crippen molar-refractivity contribution < 1.29 is 0 Å². The minimum atomic E-state index is 0.0354. The van der Waals surface area contributed by atoms with Crippen molar-refractivity contribution in [2.75, 3.05) is 13.1 Å². The lowest BCUT2D eigenvalue weighted by Gasteiger charge is -2.23. The summed E-state index contributed by atoms with van der Waals surface area (Å²) >= 11 is 1.23. The Balaban J connectivity index is 1.52. The predicted molar refractivity (Wildman–Crippen MR) is 71.5 cm³/mol. The minimum absolute atomic E-state index is 0.0354. The number of rotatable bonds is 6. The molecule has 1 saturated heterocycles. The van der Waals surface area contributed by atoms with Crippen molar-refractivity contribution in [3.8, 4) is 0 Å². The highest BCUT2D eigenvalue weighted by molar-refractivity contribution is 7.07. The summed E-state index contributed by atoms with van der Waals surface area (Å²) in [7, 11) is 0. The van der Waals surface area contributed by atoms with Crippen molar-refractivity contribution in [1.29, 1.82) is 0 Å². The Morgan fingerprint density at radius 3 is 3.12 bits per heavy atom. The summed E-state index contributed by atoms with van der Waals surface area (Å²) in [5.74, 6) is 0. The van der Waals surface area contributed by atoms with Crippen molar-refractivity contribution in [2.24, 2.45) is 0 Å². The fourth-order valence-electron chi connectivity index (χ4n) is 2.27. The molecule has 4 nitrogen and oxygen atoms in total. The molecule has 1 aliphatic rings. The van der Waals surface area contributed by atoms with E-state index in [0.29, 0.717) is 0 Å². The topological polar surface area (TPSA) is 56.9 Å². The zero-order valence-electron chi connectivity index (χ0n) is 10.1. The number of piperidine rings is 1. The van der Waals surface area contributed by atoms with Crippen molar-refractivity contribution in [1.82, 2.24) is 15.6 Å². The van der Waals surface area contributed by atoms with E-state index in [9.17, 15) is 4.79 Å². The third-order valence-electron chi connectivity index (χ3n) is 3.20. The third-order valence-corrected chi connectivity index (χ3v) is 3.92. The van der Waals surface area contributed by atoms with E-state index in [1.807, 2.05) is 5.38 Å². The summed E-state index contributed by atoms with van der Waals surface area (Å²) < 4.78 is 0. The zero-order valence-corrected chi connectivity index (χ0v) is 10.9. The third kappa shape index (κ3) is 4.61. The Kier molecular flexibility index (Phi) is 5.22. The second kappa shape index (κ2) is 6.93. The van der Waals surface area contributed by atoms with Crippen LogP contribution in [0.15, 0.2) is 10.2 Å². The molecule has 0 spiro atoms. The van der Waals surface area contributed by atoms with E-state index in [-0.39, 0.29) is 4.87 Å². The van der Waals surface area contributed by atoms with Crippen molar-refractivity contribution in [3.05, 3.63) is 20.7 Å². The van der Waals surface area contributed by atoms with Crippen molar-refractivity contribution in [3.63, 3.8) is 0 Å². The van der Waals surface area contributed by atoms with Crippen LogP contribution < -0.4 is 15.5 Å². The Labute approximate surface area is 106 Å². The van der Waals surface area contributed by atoms with Gasteiger partial charge in [-0.25, -0.2) is 0 Å². The number of hydrogen-bond acceptors (Lipinski definition) is 4. The Hall–Kier alpha value is -0.650. The molecule has 0 radical (unpaired) electrons. The molecule has 0 bridgehead atoms. The van der Waals surface area contributed by atoms with Crippen LogP contribution in [0.25, 0.3) is 0 Å². The largest absolute Gasteiger partial charge is 0.315 e. The Morgan fingerprint density at radius 1 is 1.47 bits per heavy atom. The number of thiazole rings is 1. The molecule has 17 heavy (non-hydrogen) atoms. The lowest BCUT2D eigenvalue weighted by molar-refractivity contribution is 0.373. The van der Waals surface area contributed by atoms with Crippen LogP contribution in [-0.4, -0.2) is 24.1 Å². The van der Waals surface area contributed by atoms with Gasteiger partial charge in [-0.05, 0) is 38.8 Å². The van der Waals surface area contributed by atoms with Crippen LogP contribution in [0.5, 0.6) is 0 Å². The van der Waals surface area contributed by atoms with Crippen LogP contribution in [0.4, 0.5) is 0 Å². The monoisotopic (exact) mass is 255 g/mol. The Morgan fingerprint density at radius 2 is 2.41 bits per heavy atom. The number of nitrogens with one attached hydrogen (secondary N) is 3. The molecule has 96 valence electrons. The van der Waals surface area contributed by atoms with Gasteiger partial charge in [-0.3, -0.25) is 4.79 Å². The molecule has 3 N–H and O–H groups in total. The predicted octanol–water partition coefficient (Wildman–Crippen LogP) is 1.45. The van der Waals surface area contributed by atoms with Gasteiger partial charge in [0.2, 0.25) is 0 Å².